The van der Waals surface area contributed by atoms with E-state index >= 15 is 4.79 Å². The third kappa shape index (κ3) is 12.4. The maximum Gasteiger partial charge on any atom is 0.315 e. The highest BCUT2D eigenvalue weighted by molar-refractivity contribution is 5.79. The van der Waals surface area contributed by atoms with Crippen molar-refractivity contribution in [1.82, 2.24) is 0 Å². The quantitative estimate of drug-likeness (QED) is 0.0417. The fraction of sp³-hybridized carbons (Fsp3) is 0.921. The highest BCUT2D eigenvalue weighted by atomic mass is 16.8. The minimum Gasteiger partial charge on any atom is -0.432 e. The fourth-order valence-electron chi connectivity index (χ4n) is 18.3. The summed E-state index contributed by atoms with van der Waals surface area (Å²) in [5.74, 6) is -1.20. The highest BCUT2D eigenvalue weighted by Crippen LogP contribution is 2.76. The Balaban J connectivity index is 0.786. The summed E-state index contributed by atoms with van der Waals surface area (Å²) < 4.78 is 71.9. The summed E-state index contributed by atoms with van der Waals surface area (Å²) in [5.41, 5.74) is -1.32. The highest BCUT2D eigenvalue weighted by Gasteiger charge is 2.71. The van der Waals surface area contributed by atoms with Crippen molar-refractivity contribution in [2.75, 3.05) is 33.0 Å². The first-order valence-electron chi connectivity index (χ1n) is 32.9. The van der Waals surface area contributed by atoms with Crippen LogP contribution < -0.4 is 0 Å². The molecular weight excluding hydrogens is 1240 g/mol. The number of ether oxygens (including phenoxy) is 12. The zero-order valence-corrected chi connectivity index (χ0v) is 53.3. The summed E-state index contributed by atoms with van der Waals surface area (Å²) >= 11 is 0. The van der Waals surface area contributed by atoms with Crippen LogP contribution in [-0.4, -0.2) is 304 Å². The molecule has 6 saturated heterocycles. The third-order valence-corrected chi connectivity index (χ3v) is 24.3. The Labute approximate surface area is 538 Å². The number of fused-ring (bicyclic) bond motifs is 7. The minimum atomic E-state index is -1.93. The maximum atomic E-state index is 15.2. The van der Waals surface area contributed by atoms with Crippen molar-refractivity contribution in [3.05, 3.63) is 23.8 Å². The molecule has 37 unspecified atom stereocenters. The first-order valence-corrected chi connectivity index (χ1v) is 32.9. The molecule has 0 radical (unpaired) electrons. The second kappa shape index (κ2) is 27.4. The fourth-order valence-corrected chi connectivity index (χ4v) is 18.3. The van der Waals surface area contributed by atoms with Gasteiger partial charge < -0.3 is 144 Å². The molecule has 4 saturated carbocycles. The molecule has 6 heterocycles. The molecule has 30 nitrogen and oxygen atoms in total. The van der Waals surface area contributed by atoms with Gasteiger partial charge in [0.2, 0.25) is 6.29 Å². The van der Waals surface area contributed by atoms with Gasteiger partial charge in [0, 0.05) is 11.3 Å². The Morgan fingerprint density at radius 2 is 1.12 bits per heavy atom. The number of hydrogen-bond donors (Lipinski definition) is 17. The van der Waals surface area contributed by atoms with Crippen molar-refractivity contribution < 1.29 is 148 Å². The lowest BCUT2D eigenvalue weighted by Crippen LogP contribution is -2.67. The van der Waals surface area contributed by atoms with E-state index in [0.717, 1.165) is 11.1 Å². The Bertz CT molecular complexity index is 2640. The van der Waals surface area contributed by atoms with E-state index in [1.807, 2.05) is 6.92 Å². The van der Waals surface area contributed by atoms with Crippen LogP contribution in [-0.2, 0) is 61.6 Å². The summed E-state index contributed by atoms with van der Waals surface area (Å²) in [6.45, 7) is 13.5. The third-order valence-electron chi connectivity index (χ3n) is 24.3. The summed E-state index contributed by atoms with van der Waals surface area (Å²) in [4.78, 5) is 15.2. The van der Waals surface area contributed by atoms with Crippen molar-refractivity contribution in [3.8, 4) is 0 Å². The van der Waals surface area contributed by atoms with Crippen LogP contribution in [0.1, 0.15) is 106 Å². The van der Waals surface area contributed by atoms with Crippen LogP contribution in [0.5, 0.6) is 0 Å². The topological polar surface area (TPSA) is 472 Å². The van der Waals surface area contributed by atoms with Gasteiger partial charge >= 0.3 is 5.97 Å². The molecule has 0 spiro atoms. The van der Waals surface area contributed by atoms with Crippen LogP contribution >= 0.6 is 0 Å². The molecule has 17 N–H and O–H groups in total. The van der Waals surface area contributed by atoms with E-state index in [2.05, 4.69) is 33.4 Å². The summed E-state index contributed by atoms with van der Waals surface area (Å²) in [6.07, 6.45) is -38.4. The maximum absolute atomic E-state index is 15.2. The van der Waals surface area contributed by atoms with E-state index in [-0.39, 0.29) is 23.9 Å². The van der Waals surface area contributed by atoms with Crippen molar-refractivity contribution in [1.29, 1.82) is 0 Å². The Hall–Kier alpha value is -2.17. The second-order valence-corrected chi connectivity index (χ2v) is 29.4. The Morgan fingerprint density at radius 3 is 1.76 bits per heavy atom. The number of aliphatic hydroxyl groups is 17. The van der Waals surface area contributed by atoms with Gasteiger partial charge in [0.25, 0.3) is 0 Å². The van der Waals surface area contributed by atoms with Gasteiger partial charge in [-0.15, -0.1) is 0 Å². The van der Waals surface area contributed by atoms with Gasteiger partial charge in [-0.1, -0.05) is 51.5 Å². The molecule has 10 fully saturated rings. The van der Waals surface area contributed by atoms with Gasteiger partial charge in [-0.3, -0.25) is 4.79 Å². The molecule has 11 aliphatic rings. The van der Waals surface area contributed by atoms with Crippen LogP contribution in [0.15, 0.2) is 23.8 Å². The standard InChI is InChI=1S/C63H100O30/c1-24-10-15-63(58(81)93-56-47(79)42(74)39(71)32(88-56)22-84-52-48(80)43(75)50(31(19-64)87-52)91-54-45(77)40(72)36(68)25(2)85-54)17-16-61(6)27(28(63)18-24)8-9-34-59(4)13-12-35(60(5,23-65)33(59)11-14-62(34,61)7)89-57-51(92-55-46(78)41(73)37(69)26(3)86-55)49(30(67)21-83-57)90-53-44(76)38(70)29(66)20-82-53/h8,25-26,28-57,64-80H,1,9-23H2,2-7H3. The SMILES string of the molecule is C=C1CCC2(C(=O)OC3OC(COC4OC(CO)C(OC5OC(C)C(O)C(O)C5O)C(O)C4O)C(O)C(O)C3O)CCC3(C)C(=CCC4C5(C)CCC(OC6OCC(O)C(OC7OCC(O)C(O)C7O)C6OC6OC(C)C(O)C(O)C6O)C(C)(CO)C5CCC43C)C2C1. The average Bonchev–Trinajstić information content (AvgIpc) is 0.677. The number of rotatable bonds is 15. The van der Waals surface area contributed by atoms with Gasteiger partial charge in [0.1, 0.15) is 122 Å². The van der Waals surface area contributed by atoms with E-state index in [1.54, 1.807) is 0 Å². The predicted molar refractivity (Wildman–Crippen MR) is 310 cm³/mol. The zero-order valence-electron chi connectivity index (χ0n) is 53.3. The zero-order chi connectivity index (χ0) is 67.5. The number of aliphatic hydroxyl groups excluding tert-OH is 17. The largest absolute Gasteiger partial charge is 0.432 e. The van der Waals surface area contributed by atoms with E-state index < -0.39 is 238 Å². The molecule has 30 heteroatoms. The average molecular weight is 1340 g/mol. The minimum absolute atomic E-state index is 0.0421. The number of carbonyl (C=O) groups is 1. The lowest BCUT2D eigenvalue weighted by atomic mass is 9.34. The number of allylic oxidation sites excluding steroid dienone is 3. The van der Waals surface area contributed by atoms with Gasteiger partial charge in [-0.2, -0.15) is 0 Å². The molecule has 0 aromatic rings. The number of esters is 1. The van der Waals surface area contributed by atoms with Crippen LogP contribution in [0.25, 0.3) is 0 Å². The summed E-state index contributed by atoms with van der Waals surface area (Å²) in [5, 5.41) is 185. The molecule has 6 aliphatic heterocycles. The van der Waals surface area contributed by atoms with Crippen LogP contribution in [0.3, 0.4) is 0 Å². The number of hydrogen-bond acceptors (Lipinski definition) is 30. The molecule has 0 amide bonds. The van der Waals surface area contributed by atoms with Crippen molar-refractivity contribution >= 4 is 5.97 Å². The van der Waals surface area contributed by atoms with Crippen molar-refractivity contribution in [3.63, 3.8) is 0 Å². The predicted octanol–water partition coefficient (Wildman–Crippen LogP) is -4.55. The molecular formula is C63H100O30. The molecule has 5 aliphatic carbocycles. The summed E-state index contributed by atoms with van der Waals surface area (Å²) in [7, 11) is 0. The smallest absolute Gasteiger partial charge is 0.315 e. The summed E-state index contributed by atoms with van der Waals surface area (Å²) in [6, 6.07) is 0. The van der Waals surface area contributed by atoms with E-state index in [1.165, 1.54) is 13.8 Å². The van der Waals surface area contributed by atoms with Gasteiger partial charge in [0.15, 0.2) is 31.5 Å². The molecule has 0 aromatic heterocycles. The monoisotopic (exact) mass is 1340 g/mol. The first kappa shape index (κ1) is 72.1. The Kier molecular flexibility index (Phi) is 21.2. The van der Waals surface area contributed by atoms with Crippen molar-refractivity contribution in [2.45, 2.75) is 284 Å². The molecule has 93 heavy (non-hydrogen) atoms. The number of carbonyl (C=O) groups excluding carboxylic acids is 1. The van der Waals surface area contributed by atoms with Gasteiger partial charge in [-0.25, -0.2) is 0 Å². The molecule has 0 aromatic carbocycles. The first-order chi connectivity index (χ1) is 43.8. The lowest BCUT2D eigenvalue weighted by Gasteiger charge is -2.71. The molecule has 532 valence electrons. The lowest BCUT2D eigenvalue weighted by molar-refractivity contribution is -0.384. The van der Waals surface area contributed by atoms with E-state index in [4.69, 9.17) is 56.8 Å². The van der Waals surface area contributed by atoms with Gasteiger partial charge in [-0.05, 0) is 106 Å². The van der Waals surface area contributed by atoms with Crippen LogP contribution in [0, 0.1) is 44.8 Å². The molecule has 37 atom stereocenters. The second-order valence-electron chi connectivity index (χ2n) is 29.4. The molecule has 11 rings (SSSR count). The van der Waals surface area contributed by atoms with Crippen molar-refractivity contribution in [2.24, 2.45) is 44.8 Å². The van der Waals surface area contributed by atoms with Crippen LogP contribution in [0.4, 0.5) is 0 Å². The van der Waals surface area contributed by atoms with Gasteiger partial charge in [0.05, 0.1) is 56.8 Å². The normalized spacial score (nSPS) is 55.2. The van der Waals surface area contributed by atoms with E-state index in [9.17, 15) is 86.8 Å². The van der Waals surface area contributed by atoms with E-state index in [0.29, 0.717) is 64.2 Å². The molecule has 0 bridgehead atoms. The Morgan fingerprint density at radius 1 is 0.548 bits per heavy atom. The van der Waals surface area contributed by atoms with Crippen LogP contribution in [0.2, 0.25) is 0 Å².